The van der Waals surface area contributed by atoms with Crippen molar-refractivity contribution < 1.29 is 9.53 Å². The van der Waals surface area contributed by atoms with E-state index in [1.165, 1.54) is 25.5 Å². The lowest BCUT2D eigenvalue weighted by molar-refractivity contribution is 0.0600. The molecule has 0 saturated carbocycles. The average molecular weight is 259 g/mol. The van der Waals surface area contributed by atoms with E-state index in [9.17, 15) is 4.79 Å². The van der Waals surface area contributed by atoms with Crippen LogP contribution in [0.5, 0.6) is 0 Å². The summed E-state index contributed by atoms with van der Waals surface area (Å²) in [4.78, 5) is 13.8. The van der Waals surface area contributed by atoms with Gasteiger partial charge < -0.3 is 4.74 Å². The van der Waals surface area contributed by atoms with Crippen molar-refractivity contribution in [2.75, 3.05) is 26.7 Å². The number of nitrogens with zero attached hydrogens (tertiary/aromatic N) is 1. The van der Waals surface area contributed by atoms with E-state index >= 15 is 0 Å². The normalized spacial score (nSPS) is 17.1. The summed E-state index contributed by atoms with van der Waals surface area (Å²) in [6.07, 6.45) is 4.31. The van der Waals surface area contributed by atoms with Crippen molar-refractivity contribution in [3.63, 3.8) is 0 Å². The number of carbonyl (C=O) groups is 1. The Morgan fingerprint density at radius 3 is 2.53 bits per heavy atom. The van der Waals surface area contributed by atoms with Crippen LogP contribution in [0.15, 0.2) is 36.9 Å². The molecule has 0 aromatic heterocycles. The minimum absolute atomic E-state index is 0.271. The van der Waals surface area contributed by atoms with Gasteiger partial charge in [-0.2, -0.15) is 0 Å². The van der Waals surface area contributed by atoms with Crippen molar-refractivity contribution in [1.82, 2.24) is 4.90 Å². The maximum absolute atomic E-state index is 11.4. The Balaban J connectivity index is 1.96. The molecule has 0 bridgehead atoms. The Morgan fingerprint density at radius 1 is 1.37 bits per heavy atom. The van der Waals surface area contributed by atoms with E-state index in [4.69, 9.17) is 4.74 Å². The second-order valence-electron chi connectivity index (χ2n) is 4.98. The summed E-state index contributed by atoms with van der Waals surface area (Å²) >= 11 is 0. The standard InChI is InChI=1S/C16H21NO2/c1-3-10-17-11-8-14(9-12-17)13-4-6-15(7-5-13)16(18)19-2/h3-7,14H,1,8-12H2,2H3. The Bertz CT molecular complexity index is 431. The van der Waals surface area contributed by atoms with Gasteiger partial charge in [0.05, 0.1) is 12.7 Å². The first-order chi connectivity index (χ1) is 9.24. The molecule has 0 radical (unpaired) electrons. The fourth-order valence-corrected chi connectivity index (χ4v) is 2.64. The van der Waals surface area contributed by atoms with E-state index in [2.05, 4.69) is 23.6 Å². The van der Waals surface area contributed by atoms with Crippen LogP contribution in [-0.2, 0) is 4.74 Å². The molecule has 0 unspecified atom stereocenters. The summed E-state index contributed by atoms with van der Waals surface area (Å²) < 4.78 is 4.71. The minimum Gasteiger partial charge on any atom is -0.465 e. The molecule has 1 heterocycles. The van der Waals surface area contributed by atoms with E-state index in [1.54, 1.807) is 0 Å². The molecule has 0 atom stereocenters. The van der Waals surface area contributed by atoms with Gasteiger partial charge in [-0.15, -0.1) is 6.58 Å². The molecule has 3 nitrogen and oxygen atoms in total. The quantitative estimate of drug-likeness (QED) is 0.615. The zero-order valence-electron chi connectivity index (χ0n) is 11.5. The van der Waals surface area contributed by atoms with Crippen LogP contribution >= 0.6 is 0 Å². The Morgan fingerprint density at radius 2 is 2.00 bits per heavy atom. The van der Waals surface area contributed by atoms with Crippen LogP contribution in [0, 0.1) is 0 Å². The van der Waals surface area contributed by atoms with Gasteiger partial charge >= 0.3 is 5.97 Å². The number of methoxy groups -OCH3 is 1. The molecule has 0 amide bonds. The first-order valence-corrected chi connectivity index (χ1v) is 6.76. The molecule has 2 rings (SSSR count). The number of piperidine rings is 1. The van der Waals surface area contributed by atoms with E-state index in [0.717, 1.165) is 19.6 Å². The van der Waals surface area contributed by atoms with Gasteiger partial charge in [-0.25, -0.2) is 4.79 Å². The van der Waals surface area contributed by atoms with E-state index in [0.29, 0.717) is 11.5 Å². The van der Waals surface area contributed by atoms with Crippen molar-refractivity contribution >= 4 is 5.97 Å². The molecule has 1 fully saturated rings. The average Bonchev–Trinajstić information content (AvgIpc) is 2.48. The molecule has 0 N–H and O–H groups in total. The largest absolute Gasteiger partial charge is 0.465 e. The van der Waals surface area contributed by atoms with Gasteiger partial charge in [0.2, 0.25) is 0 Å². The Kier molecular flexibility index (Phi) is 4.74. The third-order valence-corrected chi connectivity index (χ3v) is 3.78. The lowest BCUT2D eigenvalue weighted by atomic mass is 9.89. The second kappa shape index (κ2) is 6.53. The van der Waals surface area contributed by atoms with Crippen LogP contribution in [0.1, 0.15) is 34.7 Å². The lowest BCUT2D eigenvalue weighted by Crippen LogP contribution is -2.32. The van der Waals surface area contributed by atoms with Crippen LogP contribution < -0.4 is 0 Å². The highest BCUT2D eigenvalue weighted by atomic mass is 16.5. The predicted octanol–water partition coefficient (Wildman–Crippen LogP) is 2.84. The third-order valence-electron chi connectivity index (χ3n) is 3.78. The van der Waals surface area contributed by atoms with Crippen LogP contribution in [0.25, 0.3) is 0 Å². The van der Waals surface area contributed by atoms with Gasteiger partial charge in [0.15, 0.2) is 0 Å². The number of rotatable bonds is 4. The fraction of sp³-hybridized carbons (Fsp3) is 0.438. The number of carbonyl (C=O) groups excluding carboxylic acids is 1. The topological polar surface area (TPSA) is 29.5 Å². The molecule has 1 aromatic rings. The molecule has 1 aromatic carbocycles. The first kappa shape index (κ1) is 13.8. The SMILES string of the molecule is C=CCN1CCC(c2ccc(C(=O)OC)cc2)CC1. The minimum atomic E-state index is -0.271. The molecule has 1 aliphatic heterocycles. The Labute approximate surface area is 114 Å². The molecule has 3 heteroatoms. The van der Waals surface area contributed by atoms with Crippen molar-refractivity contribution in [3.8, 4) is 0 Å². The van der Waals surface area contributed by atoms with E-state index in [1.807, 2.05) is 18.2 Å². The van der Waals surface area contributed by atoms with Crippen molar-refractivity contribution in [3.05, 3.63) is 48.0 Å². The van der Waals surface area contributed by atoms with Gasteiger partial charge in [-0.1, -0.05) is 18.2 Å². The zero-order valence-corrected chi connectivity index (χ0v) is 11.5. The molecule has 0 spiro atoms. The first-order valence-electron chi connectivity index (χ1n) is 6.76. The Hall–Kier alpha value is -1.61. The number of likely N-dealkylation sites (tertiary alicyclic amines) is 1. The molecule has 1 aliphatic rings. The van der Waals surface area contributed by atoms with Crippen molar-refractivity contribution in [1.29, 1.82) is 0 Å². The summed E-state index contributed by atoms with van der Waals surface area (Å²) in [5.41, 5.74) is 1.95. The maximum atomic E-state index is 11.4. The highest BCUT2D eigenvalue weighted by molar-refractivity contribution is 5.89. The lowest BCUT2D eigenvalue weighted by Gasteiger charge is -2.31. The maximum Gasteiger partial charge on any atom is 0.337 e. The molecule has 102 valence electrons. The number of hydrogen-bond donors (Lipinski definition) is 0. The van der Waals surface area contributed by atoms with Crippen LogP contribution in [0.2, 0.25) is 0 Å². The monoisotopic (exact) mass is 259 g/mol. The van der Waals surface area contributed by atoms with Gasteiger partial charge in [0.1, 0.15) is 0 Å². The smallest absolute Gasteiger partial charge is 0.337 e. The number of ether oxygens (including phenoxy) is 1. The molecular formula is C16H21NO2. The van der Waals surface area contributed by atoms with Crippen molar-refractivity contribution in [2.45, 2.75) is 18.8 Å². The summed E-state index contributed by atoms with van der Waals surface area (Å²) in [7, 11) is 1.41. The zero-order chi connectivity index (χ0) is 13.7. The molecule has 0 aliphatic carbocycles. The number of esters is 1. The highest BCUT2D eigenvalue weighted by Crippen LogP contribution is 2.28. The molecule has 1 saturated heterocycles. The molecular weight excluding hydrogens is 238 g/mol. The van der Waals surface area contributed by atoms with E-state index in [-0.39, 0.29) is 5.97 Å². The number of benzene rings is 1. The summed E-state index contributed by atoms with van der Waals surface area (Å²) in [6, 6.07) is 7.83. The van der Waals surface area contributed by atoms with Gasteiger partial charge in [0, 0.05) is 6.54 Å². The van der Waals surface area contributed by atoms with Crippen LogP contribution in [0.4, 0.5) is 0 Å². The highest BCUT2D eigenvalue weighted by Gasteiger charge is 2.19. The van der Waals surface area contributed by atoms with Gasteiger partial charge in [0.25, 0.3) is 0 Å². The fourth-order valence-electron chi connectivity index (χ4n) is 2.64. The van der Waals surface area contributed by atoms with Crippen molar-refractivity contribution in [2.24, 2.45) is 0 Å². The van der Waals surface area contributed by atoms with E-state index < -0.39 is 0 Å². The second-order valence-corrected chi connectivity index (χ2v) is 4.98. The summed E-state index contributed by atoms with van der Waals surface area (Å²) in [6.45, 7) is 7.00. The predicted molar refractivity (Wildman–Crippen MR) is 76.4 cm³/mol. The van der Waals surface area contributed by atoms with Gasteiger partial charge in [-0.05, 0) is 49.5 Å². The summed E-state index contributed by atoms with van der Waals surface area (Å²) in [5.74, 6) is 0.333. The third kappa shape index (κ3) is 3.44. The van der Waals surface area contributed by atoms with Crippen LogP contribution in [-0.4, -0.2) is 37.6 Å². The number of hydrogen-bond acceptors (Lipinski definition) is 3. The van der Waals surface area contributed by atoms with Crippen LogP contribution in [0.3, 0.4) is 0 Å². The summed E-state index contributed by atoms with van der Waals surface area (Å²) in [5, 5.41) is 0. The molecule has 19 heavy (non-hydrogen) atoms. The van der Waals surface area contributed by atoms with Gasteiger partial charge in [-0.3, -0.25) is 4.90 Å².